The molecule has 4 aliphatic rings. The summed E-state index contributed by atoms with van der Waals surface area (Å²) in [6.07, 6.45) is 0.931. The van der Waals surface area contributed by atoms with Gasteiger partial charge in [0.2, 0.25) is 11.8 Å². The lowest BCUT2D eigenvalue weighted by Gasteiger charge is -2.38. The van der Waals surface area contributed by atoms with Gasteiger partial charge in [-0.15, -0.1) is 0 Å². The fourth-order valence-corrected chi connectivity index (χ4v) is 4.85. The standard InChI is InChI=1S/C20H14F3NO4/c21-20(22,23)13-8-15(25)28-14-7-11(5-6-12(13)14)24-18(26)16-9-1-2-10(4-3-9)17(16)19(24)27/h1-2,5-10,16-17H,3-4H2. The summed E-state index contributed by atoms with van der Waals surface area (Å²) in [5.41, 5.74) is -2.44. The lowest BCUT2D eigenvalue weighted by molar-refractivity contribution is -0.136. The molecule has 2 heterocycles. The zero-order chi connectivity index (χ0) is 19.8. The Bertz CT molecular complexity index is 1080. The number of carbonyl (C=O) groups is 2. The van der Waals surface area contributed by atoms with Crippen LogP contribution in [0.2, 0.25) is 0 Å². The van der Waals surface area contributed by atoms with Crippen LogP contribution >= 0.6 is 0 Å². The third kappa shape index (κ3) is 2.30. The van der Waals surface area contributed by atoms with Crippen LogP contribution < -0.4 is 10.5 Å². The maximum Gasteiger partial charge on any atom is 0.417 e. The van der Waals surface area contributed by atoms with Crippen molar-refractivity contribution in [3.05, 3.63) is 52.4 Å². The highest BCUT2D eigenvalue weighted by Crippen LogP contribution is 2.50. The van der Waals surface area contributed by atoms with Crippen molar-refractivity contribution in [1.29, 1.82) is 0 Å². The van der Waals surface area contributed by atoms with Crippen molar-refractivity contribution in [1.82, 2.24) is 0 Å². The van der Waals surface area contributed by atoms with Crippen LogP contribution in [-0.2, 0) is 15.8 Å². The van der Waals surface area contributed by atoms with Crippen molar-refractivity contribution in [2.24, 2.45) is 23.7 Å². The molecule has 1 aromatic heterocycles. The molecule has 8 heteroatoms. The molecule has 0 N–H and O–H groups in total. The number of allylic oxidation sites excluding steroid dienone is 2. The van der Waals surface area contributed by atoms with E-state index in [9.17, 15) is 27.6 Å². The predicted octanol–water partition coefficient (Wildman–Crippen LogP) is 3.51. The Labute approximate surface area is 156 Å². The number of imide groups is 1. The summed E-state index contributed by atoms with van der Waals surface area (Å²) in [6, 6.07) is 3.98. The number of hydrogen-bond donors (Lipinski definition) is 0. The quantitative estimate of drug-likeness (QED) is 0.425. The number of halogens is 3. The molecular weight excluding hydrogens is 375 g/mol. The first-order valence-electron chi connectivity index (χ1n) is 8.97. The maximum atomic E-state index is 13.2. The van der Waals surface area contributed by atoms with Crippen LogP contribution in [-0.4, -0.2) is 11.8 Å². The number of nitrogens with zero attached hydrogens (tertiary/aromatic N) is 1. The van der Waals surface area contributed by atoms with E-state index in [4.69, 9.17) is 4.42 Å². The van der Waals surface area contributed by atoms with Gasteiger partial charge in [-0.2, -0.15) is 13.2 Å². The molecule has 2 bridgehead atoms. The molecule has 1 saturated carbocycles. The Hall–Kier alpha value is -2.90. The Morgan fingerprint density at radius 3 is 2.07 bits per heavy atom. The normalized spacial score (nSPS) is 29.0. The van der Waals surface area contributed by atoms with Gasteiger partial charge in [0.25, 0.3) is 0 Å². The molecule has 28 heavy (non-hydrogen) atoms. The summed E-state index contributed by atoms with van der Waals surface area (Å²) in [5, 5.41) is -0.297. The zero-order valence-corrected chi connectivity index (χ0v) is 14.4. The van der Waals surface area contributed by atoms with Crippen LogP contribution in [0.15, 0.2) is 45.6 Å². The van der Waals surface area contributed by atoms with Gasteiger partial charge in [0.05, 0.1) is 23.1 Å². The number of hydrogen-bond acceptors (Lipinski definition) is 4. The van der Waals surface area contributed by atoms with Gasteiger partial charge in [0.15, 0.2) is 0 Å². The third-order valence-electron chi connectivity index (χ3n) is 6.05. The molecule has 1 aliphatic heterocycles. The van der Waals surface area contributed by atoms with E-state index in [1.165, 1.54) is 6.07 Å². The van der Waals surface area contributed by atoms with Gasteiger partial charge in [-0.3, -0.25) is 9.59 Å². The summed E-state index contributed by atoms with van der Waals surface area (Å²) in [4.78, 5) is 38.6. The molecule has 1 aromatic carbocycles. The lowest BCUT2D eigenvalue weighted by Crippen LogP contribution is -2.38. The van der Waals surface area contributed by atoms with E-state index in [1.54, 1.807) is 0 Å². The van der Waals surface area contributed by atoms with E-state index in [1.807, 2.05) is 12.2 Å². The number of alkyl halides is 3. The van der Waals surface area contributed by atoms with Crippen LogP contribution in [0.3, 0.4) is 0 Å². The fraction of sp³-hybridized carbons (Fsp3) is 0.350. The number of fused-ring (bicyclic) bond motifs is 2. The van der Waals surface area contributed by atoms with Crippen molar-refractivity contribution < 1.29 is 27.2 Å². The minimum absolute atomic E-state index is 0.00618. The highest BCUT2D eigenvalue weighted by atomic mass is 19.4. The Morgan fingerprint density at radius 1 is 0.929 bits per heavy atom. The molecule has 2 amide bonds. The van der Waals surface area contributed by atoms with Crippen LogP contribution in [0.5, 0.6) is 0 Å². The second-order valence-electron chi connectivity index (χ2n) is 7.51. The number of carbonyl (C=O) groups excluding carboxylic acids is 2. The SMILES string of the molecule is O=C1C2C3C=CC(CC3)C2C(=O)N1c1ccc2c(C(F)(F)F)cc(=O)oc2c1. The number of benzene rings is 1. The summed E-state index contributed by atoms with van der Waals surface area (Å²) in [5.74, 6) is -1.54. The topological polar surface area (TPSA) is 67.6 Å². The largest absolute Gasteiger partial charge is 0.423 e. The minimum Gasteiger partial charge on any atom is -0.423 e. The lowest BCUT2D eigenvalue weighted by atomic mass is 9.63. The maximum absolute atomic E-state index is 13.2. The van der Waals surface area contributed by atoms with E-state index in [-0.39, 0.29) is 40.3 Å². The summed E-state index contributed by atoms with van der Waals surface area (Å²) in [7, 11) is 0. The first-order chi connectivity index (χ1) is 13.3. The predicted molar refractivity (Wildman–Crippen MR) is 92.3 cm³/mol. The van der Waals surface area contributed by atoms with Crippen LogP contribution in [0.25, 0.3) is 11.0 Å². The summed E-state index contributed by atoms with van der Waals surface area (Å²) in [6.45, 7) is 0. The fourth-order valence-electron chi connectivity index (χ4n) is 4.85. The minimum atomic E-state index is -4.73. The van der Waals surface area contributed by atoms with Gasteiger partial charge in [-0.05, 0) is 36.8 Å². The van der Waals surface area contributed by atoms with Crippen molar-refractivity contribution in [2.45, 2.75) is 19.0 Å². The van der Waals surface area contributed by atoms with E-state index in [2.05, 4.69) is 0 Å². The van der Waals surface area contributed by atoms with Crippen molar-refractivity contribution in [3.8, 4) is 0 Å². The van der Waals surface area contributed by atoms with Gasteiger partial charge in [0, 0.05) is 17.5 Å². The monoisotopic (exact) mass is 389 g/mol. The van der Waals surface area contributed by atoms with E-state index in [0.717, 1.165) is 29.9 Å². The number of amides is 2. The molecule has 5 nitrogen and oxygen atoms in total. The molecule has 0 spiro atoms. The first kappa shape index (κ1) is 17.2. The number of rotatable bonds is 1. The average molecular weight is 389 g/mol. The molecule has 6 rings (SSSR count). The molecule has 1 saturated heterocycles. The first-order valence-corrected chi connectivity index (χ1v) is 8.97. The van der Waals surface area contributed by atoms with E-state index in [0.29, 0.717) is 6.07 Å². The van der Waals surface area contributed by atoms with Crippen molar-refractivity contribution >= 4 is 28.5 Å². The molecule has 2 aromatic rings. The molecule has 2 fully saturated rings. The smallest absolute Gasteiger partial charge is 0.417 e. The summed E-state index contributed by atoms with van der Waals surface area (Å²) < 4.78 is 44.6. The zero-order valence-electron chi connectivity index (χ0n) is 14.4. The third-order valence-corrected chi connectivity index (χ3v) is 6.05. The second kappa shape index (κ2) is 5.56. The van der Waals surface area contributed by atoms with Crippen molar-refractivity contribution in [3.63, 3.8) is 0 Å². The van der Waals surface area contributed by atoms with Crippen LogP contribution in [0, 0.1) is 23.7 Å². The van der Waals surface area contributed by atoms with Gasteiger partial charge >= 0.3 is 11.8 Å². The molecule has 3 aliphatic carbocycles. The Balaban J connectivity index is 1.62. The van der Waals surface area contributed by atoms with Crippen LogP contribution in [0.4, 0.5) is 18.9 Å². The highest BCUT2D eigenvalue weighted by molar-refractivity contribution is 6.23. The molecule has 144 valence electrons. The summed E-state index contributed by atoms with van der Waals surface area (Å²) >= 11 is 0. The van der Waals surface area contributed by atoms with Crippen LogP contribution in [0.1, 0.15) is 18.4 Å². The second-order valence-corrected chi connectivity index (χ2v) is 7.51. The molecule has 4 atom stereocenters. The Morgan fingerprint density at radius 2 is 1.54 bits per heavy atom. The number of anilines is 1. The molecule has 0 radical (unpaired) electrons. The van der Waals surface area contributed by atoms with Gasteiger partial charge < -0.3 is 4.42 Å². The Kier molecular flexibility index (Phi) is 3.42. The highest BCUT2D eigenvalue weighted by Gasteiger charge is 2.56. The van der Waals surface area contributed by atoms with Gasteiger partial charge in [-0.25, -0.2) is 9.69 Å². The molecular formula is C20H14F3NO4. The molecule has 4 unspecified atom stereocenters. The average Bonchev–Trinajstić information content (AvgIpc) is 2.94. The van der Waals surface area contributed by atoms with E-state index >= 15 is 0 Å². The van der Waals surface area contributed by atoms with Gasteiger partial charge in [0.1, 0.15) is 5.58 Å². The van der Waals surface area contributed by atoms with Gasteiger partial charge in [-0.1, -0.05) is 12.2 Å². The van der Waals surface area contributed by atoms with Crippen molar-refractivity contribution in [2.75, 3.05) is 4.90 Å². The van der Waals surface area contributed by atoms with E-state index < -0.39 is 29.2 Å².